The van der Waals surface area contributed by atoms with Crippen LogP contribution in [0.1, 0.15) is 26.7 Å². The fourth-order valence-electron chi connectivity index (χ4n) is 2.63. The standard InChI is InChI=1S/C14H27N3O3/c1-10(14(19)20-3)11(2)17-8-4-5-12(9-17)13(18)16-7-6-15/h10-12H,4-9,15H2,1-3H3,(H,16,18). The van der Waals surface area contributed by atoms with E-state index >= 15 is 0 Å². The first-order valence-electron chi connectivity index (χ1n) is 7.30. The lowest BCUT2D eigenvalue weighted by atomic mass is 9.93. The third kappa shape index (κ3) is 4.45. The van der Waals surface area contributed by atoms with Crippen LogP contribution in [0.2, 0.25) is 0 Å². The Bertz CT molecular complexity index is 336. The SMILES string of the molecule is COC(=O)C(C)C(C)N1CCCC(C(=O)NCCN)C1. The van der Waals surface area contributed by atoms with E-state index in [0.717, 1.165) is 19.4 Å². The van der Waals surface area contributed by atoms with Gasteiger partial charge < -0.3 is 15.8 Å². The normalized spacial score (nSPS) is 22.9. The molecule has 6 heteroatoms. The average Bonchev–Trinajstić information content (AvgIpc) is 2.50. The zero-order valence-electron chi connectivity index (χ0n) is 12.7. The van der Waals surface area contributed by atoms with Crippen LogP contribution >= 0.6 is 0 Å². The second-order valence-electron chi connectivity index (χ2n) is 5.47. The Morgan fingerprint density at radius 3 is 2.75 bits per heavy atom. The van der Waals surface area contributed by atoms with Crippen molar-refractivity contribution < 1.29 is 14.3 Å². The molecule has 3 atom stereocenters. The average molecular weight is 285 g/mol. The highest BCUT2D eigenvalue weighted by Crippen LogP contribution is 2.22. The van der Waals surface area contributed by atoms with Crippen LogP contribution in [0.5, 0.6) is 0 Å². The number of ether oxygens (including phenoxy) is 1. The smallest absolute Gasteiger partial charge is 0.309 e. The van der Waals surface area contributed by atoms with Gasteiger partial charge in [0.1, 0.15) is 0 Å². The molecule has 0 aromatic heterocycles. The van der Waals surface area contributed by atoms with Crippen molar-refractivity contribution in [3.05, 3.63) is 0 Å². The van der Waals surface area contributed by atoms with Gasteiger partial charge in [-0.3, -0.25) is 14.5 Å². The molecule has 0 radical (unpaired) electrons. The summed E-state index contributed by atoms with van der Waals surface area (Å²) in [6.45, 7) is 6.47. The third-order valence-electron chi connectivity index (χ3n) is 4.14. The predicted octanol–water partition coefficient (Wildman–Crippen LogP) is -0.0291. The number of carbonyl (C=O) groups is 2. The summed E-state index contributed by atoms with van der Waals surface area (Å²) in [6, 6.07) is 0.0764. The van der Waals surface area contributed by atoms with E-state index in [0.29, 0.717) is 19.6 Å². The summed E-state index contributed by atoms with van der Waals surface area (Å²) < 4.78 is 4.79. The summed E-state index contributed by atoms with van der Waals surface area (Å²) >= 11 is 0. The zero-order chi connectivity index (χ0) is 15.1. The summed E-state index contributed by atoms with van der Waals surface area (Å²) in [5.41, 5.74) is 5.39. The molecule has 1 rings (SSSR count). The van der Waals surface area contributed by atoms with Crippen molar-refractivity contribution in [1.29, 1.82) is 0 Å². The number of hydrogen-bond acceptors (Lipinski definition) is 5. The molecule has 1 fully saturated rings. The highest BCUT2D eigenvalue weighted by molar-refractivity contribution is 5.79. The number of piperidine rings is 1. The Labute approximate surface area is 121 Å². The van der Waals surface area contributed by atoms with Crippen LogP contribution in [0.3, 0.4) is 0 Å². The third-order valence-corrected chi connectivity index (χ3v) is 4.14. The fourth-order valence-corrected chi connectivity index (χ4v) is 2.63. The number of nitrogens with one attached hydrogen (secondary N) is 1. The van der Waals surface area contributed by atoms with E-state index in [9.17, 15) is 9.59 Å². The molecular formula is C14H27N3O3. The van der Waals surface area contributed by atoms with Crippen molar-refractivity contribution in [3.63, 3.8) is 0 Å². The number of methoxy groups -OCH3 is 1. The fraction of sp³-hybridized carbons (Fsp3) is 0.857. The number of amides is 1. The van der Waals surface area contributed by atoms with Gasteiger partial charge in [0, 0.05) is 25.7 Å². The monoisotopic (exact) mass is 285 g/mol. The molecule has 0 spiro atoms. The maximum atomic E-state index is 12.0. The Hall–Kier alpha value is -1.14. The van der Waals surface area contributed by atoms with Crippen LogP contribution < -0.4 is 11.1 Å². The molecule has 0 bridgehead atoms. The minimum absolute atomic E-state index is 0.0115. The van der Waals surface area contributed by atoms with Crippen LogP contribution in [-0.2, 0) is 14.3 Å². The minimum Gasteiger partial charge on any atom is -0.469 e. The molecule has 0 aliphatic carbocycles. The summed E-state index contributed by atoms with van der Waals surface area (Å²) in [6.07, 6.45) is 1.87. The number of rotatable bonds is 6. The molecule has 116 valence electrons. The van der Waals surface area contributed by atoms with Crippen molar-refractivity contribution >= 4 is 11.9 Å². The first-order chi connectivity index (χ1) is 9.51. The van der Waals surface area contributed by atoms with Crippen LogP contribution in [0, 0.1) is 11.8 Å². The lowest BCUT2D eigenvalue weighted by molar-refractivity contribution is -0.147. The van der Waals surface area contributed by atoms with E-state index in [1.807, 2.05) is 13.8 Å². The molecule has 0 saturated carbocycles. The van der Waals surface area contributed by atoms with E-state index in [4.69, 9.17) is 10.5 Å². The molecule has 1 amide bonds. The lowest BCUT2D eigenvalue weighted by Crippen LogP contribution is -2.49. The molecular weight excluding hydrogens is 258 g/mol. The molecule has 1 heterocycles. The minimum atomic E-state index is -0.202. The molecule has 6 nitrogen and oxygen atoms in total. The molecule has 3 N–H and O–H groups in total. The first-order valence-corrected chi connectivity index (χ1v) is 7.30. The molecule has 0 aromatic carbocycles. The van der Waals surface area contributed by atoms with E-state index in [1.165, 1.54) is 7.11 Å². The van der Waals surface area contributed by atoms with Gasteiger partial charge in [-0.25, -0.2) is 0 Å². The second-order valence-corrected chi connectivity index (χ2v) is 5.47. The van der Waals surface area contributed by atoms with Crippen molar-refractivity contribution in [2.75, 3.05) is 33.3 Å². The van der Waals surface area contributed by atoms with Gasteiger partial charge in [-0.2, -0.15) is 0 Å². The molecule has 0 aromatic rings. The Morgan fingerprint density at radius 2 is 2.15 bits per heavy atom. The number of likely N-dealkylation sites (tertiary alicyclic amines) is 1. The first kappa shape index (κ1) is 16.9. The van der Waals surface area contributed by atoms with Gasteiger partial charge >= 0.3 is 5.97 Å². The molecule has 3 unspecified atom stereocenters. The van der Waals surface area contributed by atoms with Crippen molar-refractivity contribution in [1.82, 2.24) is 10.2 Å². The summed E-state index contributed by atoms with van der Waals surface area (Å²) in [5, 5.41) is 2.84. The van der Waals surface area contributed by atoms with Gasteiger partial charge in [0.05, 0.1) is 18.9 Å². The maximum Gasteiger partial charge on any atom is 0.309 e. The van der Waals surface area contributed by atoms with Crippen LogP contribution in [0.15, 0.2) is 0 Å². The van der Waals surface area contributed by atoms with E-state index in [-0.39, 0.29) is 29.8 Å². The van der Waals surface area contributed by atoms with Gasteiger partial charge in [0.15, 0.2) is 0 Å². The van der Waals surface area contributed by atoms with Gasteiger partial charge in [-0.1, -0.05) is 6.92 Å². The van der Waals surface area contributed by atoms with Crippen LogP contribution in [-0.4, -0.2) is 56.1 Å². The Balaban J connectivity index is 2.55. The maximum absolute atomic E-state index is 12.0. The Kier molecular flexibility index (Phi) is 6.95. The van der Waals surface area contributed by atoms with Crippen LogP contribution in [0.25, 0.3) is 0 Å². The van der Waals surface area contributed by atoms with E-state index in [1.54, 1.807) is 0 Å². The largest absolute Gasteiger partial charge is 0.469 e. The number of carbonyl (C=O) groups excluding carboxylic acids is 2. The number of hydrogen-bond donors (Lipinski definition) is 2. The van der Waals surface area contributed by atoms with Gasteiger partial charge in [0.2, 0.25) is 5.91 Å². The summed E-state index contributed by atoms with van der Waals surface area (Å²) in [5.74, 6) is -0.335. The van der Waals surface area contributed by atoms with Crippen molar-refractivity contribution in [2.24, 2.45) is 17.6 Å². The molecule has 1 aliphatic rings. The second kappa shape index (κ2) is 8.21. The number of esters is 1. The quantitative estimate of drug-likeness (QED) is 0.670. The van der Waals surface area contributed by atoms with Gasteiger partial charge in [-0.05, 0) is 26.3 Å². The molecule has 1 saturated heterocycles. The van der Waals surface area contributed by atoms with Gasteiger partial charge in [0.25, 0.3) is 0 Å². The summed E-state index contributed by atoms with van der Waals surface area (Å²) in [7, 11) is 1.41. The predicted molar refractivity (Wildman–Crippen MR) is 77.0 cm³/mol. The number of nitrogens with zero attached hydrogens (tertiary/aromatic N) is 1. The van der Waals surface area contributed by atoms with E-state index in [2.05, 4.69) is 10.2 Å². The van der Waals surface area contributed by atoms with Gasteiger partial charge in [-0.15, -0.1) is 0 Å². The molecule has 1 aliphatic heterocycles. The highest BCUT2D eigenvalue weighted by Gasteiger charge is 2.32. The zero-order valence-corrected chi connectivity index (χ0v) is 12.7. The molecule has 20 heavy (non-hydrogen) atoms. The summed E-state index contributed by atoms with van der Waals surface area (Å²) in [4.78, 5) is 25.8. The highest BCUT2D eigenvalue weighted by atomic mass is 16.5. The van der Waals surface area contributed by atoms with Crippen LogP contribution in [0.4, 0.5) is 0 Å². The Morgan fingerprint density at radius 1 is 1.45 bits per heavy atom. The van der Waals surface area contributed by atoms with Crippen molar-refractivity contribution in [2.45, 2.75) is 32.7 Å². The van der Waals surface area contributed by atoms with Crippen molar-refractivity contribution in [3.8, 4) is 0 Å². The number of nitrogens with two attached hydrogens (primary N) is 1. The van der Waals surface area contributed by atoms with E-state index < -0.39 is 0 Å². The lowest BCUT2D eigenvalue weighted by Gasteiger charge is -2.38. The topological polar surface area (TPSA) is 84.7 Å².